The third-order valence-electron chi connectivity index (χ3n) is 2.33. The summed E-state index contributed by atoms with van der Waals surface area (Å²) in [6, 6.07) is 2.46. The molecule has 0 bridgehead atoms. The van der Waals surface area contributed by atoms with Gasteiger partial charge in [-0.25, -0.2) is 4.98 Å². The van der Waals surface area contributed by atoms with Crippen molar-refractivity contribution in [2.75, 3.05) is 11.6 Å². The molecule has 0 radical (unpaired) electrons. The van der Waals surface area contributed by atoms with Gasteiger partial charge in [0.05, 0.1) is 6.20 Å². The lowest BCUT2D eigenvalue weighted by Crippen LogP contribution is -2.10. The van der Waals surface area contributed by atoms with E-state index in [1.54, 1.807) is 22.5 Å². The first-order valence-electron chi connectivity index (χ1n) is 4.89. The Labute approximate surface area is 91.3 Å². The first kappa shape index (κ1) is 8.96. The molecular weight excluding hydrogens is 210 g/mol. The SMILES string of the molecule is CSc1nc(NC2CC2)n2nccc2n1. The fraction of sp³-hybridized carbons (Fsp3) is 0.444. The van der Waals surface area contributed by atoms with Crippen LogP contribution in [0.25, 0.3) is 5.65 Å². The number of nitrogens with zero attached hydrogens (tertiary/aromatic N) is 4. The highest BCUT2D eigenvalue weighted by atomic mass is 32.2. The van der Waals surface area contributed by atoms with E-state index in [0.29, 0.717) is 6.04 Å². The monoisotopic (exact) mass is 221 g/mol. The van der Waals surface area contributed by atoms with Gasteiger partial charge in [-0.3, -0.25) is 0 Å². The van der Waals surface area contributed by atoms with Crippen LogP contribution in [0, 0.1) is 0 Å². The summed E-state index contributed by atoms with van der Waals surface area (Å²) in [4.78, 5) is 8.77. The van der Waals surface area contributed by atoms with Crippen LogP contribution in [-0.4, -0.2) is 31.9 Å². The molecule has 0 atom stereocenters. The predicted molar refractivity (Wildman–Crippen MR) is 59.2 cm³/mol. The van der Waals surface area contributed by atoms with Crippen LogP contribution in [-0.2, 0) is 0 Å². The van der Waals surface area contributed by atoms with E-state index in [1.807, 2.05) is 12.3 Å². The van der Waals surface area contributed by atoms with E-state index in [0.717, 1.165) is 16.8 Å². The normalized spacial score (nSPS) is 15.8. The van der Waals surface area contributed by atoms with Gasteiger partial charge < -0.3 is 5.32 Å². The maximum Gasteiger partial charge on any atom is 0.228 e. The summed E-state index contributed by atoms with van der Waals surface area (Å²) in [5, 5.41) is 8.33. The van der Waals surface area contributed by atoms with E-state index >= 15 is 0 Å². The summed E-state index contributed by atoms with van der Waals surface area (Å²) < 4.78 is 1.75. The highest BCUT2D eigenvalue weighted by Gasteiger charge is 2.23. The van der Waals surface area contributed by atoms with Crippen molar-refractivity contribution in [3.05, 3.63) is 12.3 Å². The average Bonchev–Trinajstić information content (AvgIpc) is 2.93. The second-order valence-electron chi connectivity index (χ2n) is 3.55. The van der Waals surface area contributed by atoms with E-state index in [4.69, 9.17) is 0 Å². The van der Waals surface area contributed by atoms with Crippen LogP contribution in [0.2, 0.25) is 0 Å². The van der Waals surface area contributed by atoms with E-state index in [-0.39, 0.29) is 0 Å². The largest absolute Gasteiger partial charge is 0.351 e. The molecule has 0 saturated heterocycles. The fourth-order valence-electron chi connectivity index (χ4n) is 1.40. The van der Waals surface area contributed by atoms with Gasteiger partial charge in [-0.1, -0.05) is 11.8 Å². The Hall–Kier alpha value is -1.30. The Morgan fingerprint density at radius 3 is 3.07 bits per heavy atom. The molecule has 1 saturated carbocycles. The molecule has 15 heavy (non-hydrogen) atoms. The number of rotatable bonds is 3. The second-order valence-corrected chi connectivity index (χ2v) is 4.33. The van der Waals surface area contributed by atoms with Gasteiger partial charge >= 0.3 is 0 Å². The quantitative estimate of drug-likeness (QED) is 0.794. The van der Waals surface area contributed by atoms with Crippen molar-refractivity contribution in [3.63, 3.8) is 0 Å². The zero-order valence-corrected chi connectivity index (χ0v) is 9.16. The van der Waals surface area contributed by atoms with Gasteiger partial charge in [0.25, 0.3) is 0 Å². The van der Waals surface area contributed by atoms with Crippen LogP contribution in [0.1, 0.15) is 12.8 Å². The van der Waals surface area contributed by atoms with Crippen LogP contribution >= 0.6 is 11.8 Å². The van der Waals surface area contributed by atoms with Crippen LogP contribution in [0.15, 0.2) is 17.4 Å². The first-order chi connectivity index (χ1) is 7.36. The molecule has 6 heteroatoms. The molecule has 0 aromatic carbocycles. The zero-order valence-electron chi connectivity index (χ0n) is 8.34. The molecule has 1 aliphatic carbocycles. The second kappa shape index (κ2) is 3.37. The fourth-order valence-corrected chi connectivity index (χ4v) is 1.76. The zero-order chi connectivity index (χ0) is 10.3. The summed E-state index contributed by atoms with van der Waals surface area (Å²) in [7, 11) is 0. The van der Waals surface area contributed by atoms with E-state index < -0.39 is 0 Å². The highest BCUT2D eigenvalue weighted by molar-refractivity contribution is 7.98. The lowest BCUT2D eigenvalue weighted by Gasteiger charge is -2.06. The minimum Gasteiger partial charge on any atom is -0.351 e. The predicted octanol–water partition coefficient (Wildman–Crippen LogP) is 1.42. The molecule has 0 aliphatic heterocycles. The van der Waals surface area contributed by atoms with Crippen molar-refractivity contribution >= 4 is 23.4 Å². The van der Waals surface area contributed by atoms with Gasteiger partial charge in [-0.2, -0.15) is 14.6 Å². The third-order valence-corrected chi connectivity index (χ3v) is 2.88. The van der Waals surface area contributed by atoms with E-state index in [9.17, 15) is 0 Å². The minimum absolute atomic E-state index is 0.571. The molecular formula is C9H11N5S. The Morgan fingerprint density at radius 1 is 1.47 bits per heavy atom. The maximum absolute atomic E-state index is 4.41. The molecule has 5 nitrogen and oxygen atoms in total. The van der Waals surface area contributed by atoms with Gasteiger partial charge in [-0.15, -0.1) is 0 Å². The summed E-state index contributed by atoms with van der Waals surface area (Å²) in [5.74, 6) is 0.803. The number of hydrogen-bond acceptors (Lipinski definition) is 5. The molecule has 78 valence electrons. The van der Waals surface area contributed by atoms with Crippen LogP contribution < -0.4 is 5.32 Å². The Morgan fingerprint density at radius 2 is 2.33 bits per heavy atom. The lowest BCUT2D eigenvalue weighted by atomic mass is 10.6. The molecule has 0 unspecified atom stereocenters. The molecule has 2 heterocycles. The Balaban J connectivity index is 2.09. The topological polar surface area (TPSA) is 55.1 Å². The Bertz CT molecular complexity index is 490. The molecule has 3 rings (SSSR count). The summed E-state index contributed by atoms with van der Waals surface area (Å²) in [6.45, 7) is 0. The summed E-state index contributed by atoms with van der Waals surface area (Å²) in [5.41, 5.74) is 0.845. The number of anilines is 1. The molecule has 1 fully saturated rings. The van der Waals surface area contributed by atoms with Gasteiger partial charge in [0.2, 0.25) is 5.95 Å². The molecule has 2 aromatic rings. The van der Waals surface area contributed by atoms with Gasteiger partial charge in [0.1, 0.15) is 0 Å². The van der Waals surface area contributed by atoms with Crippen molar-refractivity contribution in [1.29, 1.82) is 0 Å². The summed E-state index contributed by atoms with van der Waals surface area (Å²) in [6.07, 6.45) is 6.16. The lowest BCUT2D eigenvalue weighted by molar-refractivity contribution is 0.830. The number of nitrogens with one attached hydrogen (secondary N) is 1. The smallest absolute Gasteiger partial charge is 0.228 e. The number of aromatic nitrogens is 4. The van der Waals surface area contributed by atoms with Gasteiger partial charge in [0, 0.05) is 12.1 Å². The molecule has 0 amide bonds. The van der Waals surface area contributed by atoms with Crippen molar-refractivity contribution in [2.45, 2.75) is 24.0 Å². The first-order valence-corrected chi connectivity index (χ1v) is 6.11. The number of thioether (sulfide) groups is 1. The Kier molecular flexibility index (Phi) is 2.02. The minimum atomic E-state index is 0.571. The van der Waals surface area contributed by atoms with Crippen LogP contribution in [0.4, 0.5) is 5.95 Å². The van der Waals surface area contributed by atoms with Crippen molar-refractivity contribution in [3.8, 4) is 0 Å². The molecule has 1 N–H and O–H groups in total. The molecule has 1 aliphatic rings. The van der Waals surface area contributed by atoms with Gasteiger partial charge in [-0.05, 0) is 19.1 Å². The standard InChI is InChI=1S/C9H11N5S/c1-15-9-12-7-4-5-10-14(7)8(13-9)11-6-2-3-6/h4-6H,2-3H2,1H3,(H,11,12,13). The van der Waals surface area contributed by atoms with Crippen molar-refractivity contribution in [2.24, 2.45) is 0 Å². The summed E-state index contributed by atoms with van der Waals surface area (Å²) >= 11 is 1.55. The average molecular weight is 221 g/mol. The van der Waals surface area contributed by atoms with Crippen LogP contribution in [0.5, 0.6) is 0 Å². The molecule has 2 aromatic heterocycles. The number of hydrogen-bond donors (Lipinski definition) is 1. The van der Waals surface area contributed by atoms with E-state index in [1.165, 1.54) is 12.8 Å². The van der Waals surface area contributed by atoms with E-state index in [2.05, 4.69) is 20.4 Å². The third kappa shape index (κ3) is 1.65. The van der Waals surface area contributed by atoms with Crippen molar-refractivity contribution < 1.29 is 0 Å². The van der Waals surface area contributed by atoms with Crippen LogP contribution in [0.3, 0.4) is 0 Å². The molecule has 0 spiro atoms. The van der Waals surface area contributed by atoms with Gasteiger partial charge in [0.15, 0.2) is 10.8 Å². The van der Waals surface area contributed by atoms with Crippen molar-refractivity contribution in [1.82, 2.24) is 19.6 Å². The number of fused-ring (bicyclic) bond motifs is 1. The maximum atomic E-state index is 4.41. The highest BCUT2D eigenvalue weighted by Crippen LogP contribution is 2.24.